The minimum Gasteiger partial charge on any atom is -0.392 e. The summed E-state index contributed by atoms with van der Waals surface area (Å²) in [6.07, 6.45) is 3.42. The van der Waals surface area contributed by atoms with Crippen LogP contribution in [0, 0.1) is 0 Å². The molecule has 0 unspecified atom stereocenters. The third kappa shape index (κ3) is 2.84. The third-order valence-corrected chi connectivity index (χ3v) is 1.71. The quantitative estimate of drug-likeness (QED) is 0.714. The Morgan fingerprint density at radius 1 is 1.54 bits per heavy atom. The van der Waals surface area contributed by atoms with Crippen molar-refractivity contribution in [3.05, 3.63) is 41.5 Å². The van der Waals surface area contributed by atoms with Gasteiger partial charge in [0.2, 0.25) is 0 Å². The normalized spacial score (nSPS) is 10.6. The van der Waals surface area contributed by atoms with Gasteiger partial charge in [-0.1, -0.05) is 30.4 Å². The Bertz CT molecular complexity index is 327. The third-order valence-electron chi connectivity index (χ3n) is 1.71. The molecule has 2 nitrogen and oxygen atoms in total. The van der Waals surface area contributed by atoms with Crippen LogP contribution in [0.1, 0.15) is 22.8 Å². The van der Waals surface area contributed by atoms with E-state index >= 15 is 0 Å². The van der Waals surface area contributed by atoms with Gasteiger partial charge < -0.3 is 5.11 Å². The average Bonchev–Trinajstić information content (AvgIpc) is 2.15. The predicted molar refractivity (Wildman–Crippen MR) is 52.6 cm³/mol. The zero-order chi connectivity index (χ0) is 9.68. The zero-order valence-corrected chi connectivity index (χ0v) is 7.53. The maximum Gasteiger partial charge on any atom is 0.159 e. The fourth-order valence-electron chi connectivity index (χ4n) is 1.05. The molecule has 13 heavy (non-hydrogen) atoms. The van der Waals surface area contributed by atoms with E-state index < -0.39 is 0 Å². The molecule has 1 rings (SSSR count). The predicted octanol–water partition coefficient (Wildman–Crippen LogP) is 1.89. The number of hydrogen-bond donors (Lipinski definition) is 1. The molecule has 0 spiro atoms. The van der Waals surface area contributed by atoms with Gasteiger partial charge >= 0.3 is 0 Å². The van der Waals surface area contributed by atoms with Crippen LogP contribution < -0.4 is 0 Å². The van der Waals surface area contributed by atoms with Crippen molar-refractivity contribution in [1.29, 1.82) is 0 Å². The summed E-state index contributed by atoms with van der Waals surface area (Å²) in [6.45, 7) is 1.55. The molecular formula is C11H12O2. The molecular weight excluding hydrogens is 164 g/mol. The summed E-state index contributed by atoms with van der Waals surface area (Å²) >= 11 is 0. The summed E-state index contributed by atoms with van der Waals surface area (Å²) < 4.78 is 0. The first-order chi connectivity index (χ1) is 6.24. The van der Waals surface area contributed by atoms with Gasteiger partial charge in [-0.15, -0.1) is 0 Å². The van der Waals surface area contributed by atoms with Crippen LogP contribution in [0.2, 0.25) is 0 Å². The van der Waals surface area contributed by atoms with Gasteiger partial charge in [-0.3, -0.25) is 4.79 Å². The van der Waals surface area contributed by atoms with Crippen molar-refractivity contribution in [3.63, 3.8) is 0 Å². The SMILES string of the molecule is CC(=O)c1cccc(C=CCO)c1. The number of aliphatic hydroxyl groups is 1. The molecule has 0 heterocycles. The number of carbonyl (C=O) groups excluding carboxylic acids is 1. The molecule has 2 heteroatoms. The van der Waals surface area contributed by atoms with Crippen LogP contribution in [-0.2, 0) is 0 Å². The van der Waals surface area contributed by atoms with E-state index in [2.05, 4.69) is 0 Å². The smallest absolute Gasteiger partial charge is 0.159 e. The van der Waals surface area contributed by atoms with E-state index in [1.165, 1.54) is 6.92 Å². The minimum atomic E-state index is 0.0182. The van der Waals surface area contributed by atoms with Gasteiger partial charge in [-0.05, 0) is 18.6 Å². The van der Waals surface area contributed by atoms with Gasteiger partial charge in [0.1, 0.15) is 0 Å². The van der Waals surface area contributed by atoms with Crippen molar-refractivity contribution in [2.24, 2.45) is 0 Å². The Kier molecular flexibility index (Phi) is 3.41. The van der Waals surface area contributed by atoms with Crippen molar-refractivity contribution < 1.29 is 9.90 Å². The van der Waals surface area contributed by atoms with Gasteiger partial charge in [0.15, 0.2) is 5.78 Å². The van der Waals surface area contributed by atoms with E-state index in [0.29, 0.717) is 5.56 Å². The molecule has 0 fully saturated rings. The van der Waals surface area contributed by atoms with Crippen LogP contribution in [0.15, 0.2) is 30.3 Å². The fraction of sp³-hybridized carbons (Fsp3) is 0.182. The zero-order valence-electron chi connectivity index (χ0n) is 7.53. The molecule has 0 atom stereocenters. The molecule has 0 aliphatic heterocycles. The van der Waals surface area contributed by atoms with Crippen molar-refractivity contribution in [2.75, 3.05) is 6.61 Å². The topological polar surface area (TPSA) is 37.3 Å². The summed E-state index contributed by atoms with van der Waals surface area (Å²) in [4.78, 5) is 11.0. The summed E-state index contributed by atoms with van der Waals surface area (Å²) in [5, 5.41) is 8.55. The Hall–Kier alpha value is -1.41. The number of hydrogen-bond acceptors (Lipinski definition) is 2. The molecule has 1 N–H and O–H groups in total. The number of aliphatic hydroxyl groups excluding tert-OH is 1. The van der Waals surface area contributed by atoms with E-state index in [4.69, 9.17) is 5.11 Å². The van der Waals surface area contributed by atoms with Crippen molar-refractivity contribution in [3.8, 4) is 0 Å². The van der Waals surface area contributed by atoms with Gasteiger partial charge in [-0.25, -0.2) is 0 Å². The first-order valence-corrected chi connectivity index (χ1v) is 4.12. The van der Waals surface area contributed by atoms with Gasteiger partial charge in [0.25, 0.3) is 0 Å². The maximum absolute atomic E-state index is 11.0. The minimum absolute atomic E-state index is 0.0182. The second-order valence-corrected chi connectivity index (χ2v) is 2.77. The molecule has 0 saturated heterocycles. The van der Waals surface area contributed by atoms with E-state index in [9.17, 15) is 4.79 Å². The first-order valence-electron chi connectivity index (χ1n) is 4.12. The van der Waals surface area contributed by atoms with Crippen LogP contribution in [0.3, 0.4) is 0 Å². The maximum atomic E-state index is 11.0. The highest BCUT2D eigenvalue weighted by atomic mass is 16.2. The molecule has 0 saturated carbocycles. The number of carbonyl (C=O) groups is 1. The van der Waals surface area contributed by atoms with Gasteiger partial charge in [0.05, 0.1) is 6.61 Å². The fourth-order valence-corrected chi connectivity index (χ4v) is 1.05. The van der Waals surface area contributed by atoms with Crippen LogP contribution in [0.4, 0.5) is 0 Å². The van der Waals surface area contributed by atoms with Gasteiger partial charge in [0, 0.05) is 5.56 Å². The second-order valence-electron chi connectivity index (χ2n) is 2.77. The largest absolute Gasteiger partial charge is 0.392 e. The van der Waals surface area contributed by atoms with Crippen molar-refractivity contribution in [2.45, 2.75) is 6.92 Å². The standard InChI is InChI=1S/C11H12O2/c1-9(13)11-6-2-4-10(8-11)5-3-7-12/h2-6,8,12H,7H2,1H3. The summed E-state index contributed by atoms with van der Waals surface area (Å²) in [7, 11) is 0. The number of Topliss-reactive ketones (excluding diaryl/α,β-unsaturated/α-hetero) is 1. The number of rotatable bonds is 3. The summed E-state index contributed by atoms with van der Waals surface area (Å²) in [5.41, 5.74) is 1.63. The van der Waals surface area contributed by atoms with Crippen molar-refractivity contribution in [1.82, 2.24) is 0 Å². The first kappa shape index (κ1) is 9.68. The van der Waals surface area contributed by atoms with E-state index in [0.717, 1.165) is 5.56 Å². The molecule has 0 bridgehead atoms. The molecule has 1 aromatic carbocycles. The van der Waals surface area contributed by atoms with Crippen molar-refractivity contribution >= 4 is 11.9 Å². The highest BCUT2D eigenvalue weighted by Crippen LogP contribution is 2.07. The summed E-state index contributed by atoms with van der Waals surface area (Å²) in [5.74, 6) is 0.0549. The van der Waals surface area contributed by atoms with E-state index in [1.54, 1.807) is 24.3 Å². The van der Waals surface area contributed by atoms with E-state index in [-0.39, 0.29) is 12.4 Å². The van der Waals surface area contributed by atoms with Gasteiger partial charge in [-0.2, -0.15) is 0 Å². The number of benzene rings is 1. The average molecular weight is 176 g/mol. The lowest BCUT2D eigenvalue weighted by Crippen LogP contribution is -1.91. The Balaban J connectivity index is 2.92. The van der Waals surface area contributed by atoms with E-state index in [1.807, 2.05) is 12.1 Å². The van der Waals surface area contributed by atoms with Crippen LogP contribution in [-0.4, -0.2) is 17.5 Å². The molecule has 0 aromatic heterocycles. The lowest BCUT2D eigenvalue weighted by molar-refractivity contribution is 0.101. The highest BCUT2D eigenvalue weighted by Gasteiger charge is 1.97. The molecule has 68 valence electrons. The number of ketones is 1. The summed E-state index contributed by atoms with van der Waals surface area (Å²) in [6, 6.07) is 7.29. The molecule has 0 aliphatic rings. The van der Waals surface area contributed by atoms with Crippen LogP contribution in [0.5, 0.6) is 0 Å². The Morgan fingerprint density at radius 3 is 2.92 bits per heavy atom. The molecule has 0 radical (unpaired) electrons. The molecule has 0 aliphatic carbocycles. The lowest BCUT2D eigenvalue weighted by Gasteiger charge is -1.96. The molecule has 1 aromatic rings. The Morgan fingerprint density at radius 2 is 2.31 bits per heavy atom. The highest BCUT2D eigenvalue weighted by molar-refractivity contribution is 5.94. The second kappa shape index (κ2) is 4.58. The van der Waals surface area contributed by atoms with Crippen LogP contribution in [0.25, 0.3) is 6.08 Å². The Labute approximate surface area is 77.5 Å². The lowest BCUT2D eigenvalue weighted by atomic mass is 10.1. The molecule has 0 amide bonds. The van der Waals surface area contributed by atoms with Crippen LogP contribution >= 0.6 is 0 Å². The monoisotopic (exact) mass is 176 g/mol.